The molecule has 1 fully saturated rings. The molecular formula is C39H32F3N5O3. The smallest absolute Gasteiger partial charge is 0.257 e. The fourth-order valence-electron chi connectivity index (χ4n) is 6.55. The second-order valence-electron chi connectivity index (χ2n) is 12.3. The first-order valence-electron chi connectivity index (χ1n) is 16.4. The maximum absolute atomic E-state index is 14.6. The normalized spacial score (nSPS) is 14.1. The van der Waals surface area contributed by atoms with E-state index in [1.165, 1.54) is 0 Å². The monoisotopic (exact) mass is 675 g/mol. The van der Waals surface area contributed by atoms with Crippen LogP contribution in [0.2, 0.25) is 0 Å². The van der Waals surface area contributed by atoms with Gasteiger partial charge in [-0.15, -0.1) is 0 Å². The van der Waals surface area contributed by atoms with Crippen LogP contribution in [0.25, 0.3) is 22.0 Å². The molecule has 11 heteroatoms. The van der Waals surface area contributed by atoms with E-state index in [9.17, 15) is 18.0 Å². The maximum atomic E-state index is 14.6. The summed E-state index contributed by atoms with van der Waals surface area (Å²) in [5.74, 6) is -2.63. The van der Waals surface area contributed by atoms with Crippen LogP contribution in [-0.2, 0) is 17.7 Å². The van der Waals surface area contributed by atoms with E-state index in [0.717, 1.165) is 77.6 Å². The Morgan fingerprint density at radius 3 is 2.48 bits per heavy atom. The zero-order chi connectivity index (χ0) is 34.2. The number of carbonyl (C=O) groups excluding carboxylic acids is 1. The average molecular weight is 676 g/mol. The molecule has 4 aromatic carbocycles. The summed E-state index contributed by atoms with van der Waals surface area (Å²) in [5.41, 5.74) is 6.40. The van der Waals surface area contributed by atoms with Crippen LogP contribution >= 0.6 is 0 Å². The number of pyridine rings is 1. The molecule has 0 spiro atoms. The summed E-state index contributed by atoms with van der Waals surface area (Å²) < 4.78 is 56.2. The highest BCUT2D eigenvalue weighted by Gasteiger charge is 2.22. The maximum Gasteiger partial charge on any atom is 0.257 e. The van der Waals surface area contributed by atoms with Crippen molar-refractivity contribution in [2.45, 2.75) is 13.0 Å². The predicted molar refractivity (Wildman–Crippen MR) is 187 cm³/mol. The number of fused-ring (bicyclic) bond motifs is 3. The third-order valence-corrected chi connectivity index (χ3v) is 9.20. The van der Waals surface area contributed by atoms with Crippen molar-refractivity contribution in [1.82, 2.24) is 9.55 Å². The first-order valence-corrected chi connectivity index (χ1v) is 16.4. The van der Waals surface area contributed by atoms with Crippen molar-refractivity contribution in [1.29, 1.82) is 0 Å². The molecule has 0 unspecified atom stereocenters. The van der Waals surface area contributed by atoms with E-state index in [1.807, 2.05) is 48.5 Å². The largest absolute Gasteiger partial charge is 0.493 e. The van der Waals surface area contributed by atoms with Crippen LogP contribution in [0.4, 0.5) is 35.9 Å². The Hall–Kier alpha value is -5.81. The summed E-state index contributed by atoms with van der Waals surface area (Å²) in [7, 11) is 0. The highest BCUT2D eigenvalue weighted by Crippen LogP contribution is 2.38. The molecule has 2 aromatic heterocycles. The number of amides is 1. The zero-order valence-electron chi connectivity index (χ0n) is 26.9. The Kier molecular flexibility index (Phi) is 8.33. The molecule has 2 N–H and O–H groups in total. The van der Waals surface area contributed by atoms with Crippen molar-refractivity contribution in [2.75, 3.05) is 48.4 Å². The number of hydrogen-bond donors (Lipinski definition) is 2. The third kappa shape index (κ3) is 6.12. The Labute approximate surface area is 286 Å². The molecule has 4 heterocycles. The Balaban J connectivity index is 1.00. The number of carbonyl (C=O) groups is 1. The number of nitrogens with one attached hydrogen (secondary N) is 2. The number of nitrogens with zero attached hydrogens (tertiary/aromatic N) is 3. The van der Waals surface area contributed by atoms with E-state index in [0.29, 0.717) is 35.5 Å². The fraction of sp³-hybridized carbons (Fsp3) is 0.179. The molecule has 252 valence electrons. The summed E-state index contributed by atoms with van der Waals surface area (Å²) in [6.45, 7) is 3.48. The molecule has 1 saturated heterocycles. The predicted octanol–water partition coefficient (Wildman–Crippen LogP) is 7.94. The van der Waals surface area contributed by atoms with Crippen molar-refractivity contribution in [3.63, 3.8) is 0 Å². The Morgan fingerprint density at radius 2 is 1.64 bits per heavy atom. The molecular weight excluding hydrogens is 643 g/mol. The van der Waals surface area contributed by atoms with E-state index in [2.05, 4.69) is 32.7 Å². The number of benzene rings is 4. The van der Waals surface area contributed by atoms with E-state index < -0.39 is 17.5 Å². The van der Waals surface area contributed by atoms with Crippen molar-refractivity contribution in [2.24, 2.45) is 0 Å². The van der Waals surface area contributed by atoms with E-state index in [-0.39, 0.29) is 18.0 Å². The van der Waals surface area contributed by atoms with Crippen LogP contribution in [0.1, 0.15) is 21.5 Å². The molecule has 0 aliphatic carbocycles. The molecule has 8 rings (SSSR count). The van der Waals surface area contributed by atoms with E-state index in [4.69, 9.17) is 9.47 Å². The average Bonchev–Trinajstić information content (AvgIpc) is 3.44. The first-order chi connectivity index (χ1) is 24.4. The molecule has 6 aromatic rings. The molecule has 1 amide bonds. The van der Waals surface area contributed by atoms with E-state index >= 15 is 0 Å². The summed E-state index contributed by atoms with van der Waals surface area (Å²) >= 11 is 0. The molecule has 50 heavy (non-hydrogen) atoms. The van der Waals surface area contributed by atoms with Crippen LogP contribution in [-0.4, -0.2) is 48.4 Å². The molecule has 8 nitrogen and oxygen atoms in total. The van der Waals surface area contributed by atoms with Crippen LogP contribution in [0.5, 0.6) is 5.75 Å². The molecule has 0 saturated carbocycles. The topological polar surface area (TPSA) is 80.6 Å². The summed E-state index contributed by atoms with van der Waals surface area (Å²) in [6.07, 6.45) is 5.64. The number of rotatable bonds is 8. The fourth-order valence-corrected chi connectivity index (χ4v) is 6.55. The number of anilines is 4. The minimum Gasteiger partial charge on any atom is -0.493 e. The lowest BCUT2D eigenvalue weighted by molar-refractivity contribution is 0.102. The van der Waals surface area contributed by atoms with Gasteiger partial charge < -0.3 is 29.6 Å². The van der Waals surface area contributed by atoms with Crippen molar-refractivity contribution in [3.05, 3.63) is 132 Å². The van der Waals surface area contributed by atoms with Gasteiger partial charge in [0.1, 0.15) is 11.6 Å². The van der Waals surface area contributed by atoms with Gasteiger partial charge in [-0.1, -0.05) is 12.1 Å². The Morgan fingerprint density at radius 1 is 0.820 bits per heavy atom. The highest BCUT2D eigenvalue weighted by atomic mass is 19.2. The molecule has 0 bridgehead atoms. The van der Waals surface area contributed by atoms with Gasteiger partial charge in [0.15, 0.2) is 11.6 Å². The molecule has 2 aliphatic heterocycles. The van der Waals surface area contributed by atoms with Crippen LogP contribution in [0.3, 0.4) is 0 Å². The SMILES string of the molecule is O=C1Nc2cc(CCOc3ccc(N4CCOCC4)cc3)ccc2Nc2cc(-c3cn(Cc4c(F)ccc(F)c4F)c4cnccc34)ccc21. The second kappa shape index (κ2) is 13.2. The lowest BCUT2D eigenvalue weighted by atomic mass is 10.0. The molecule has 0 radical (unpaired) electrons. The van der Waals surface area contributed by atoms with Crippen LogP contribution < -0.4 is 20.3 Å². The Bertz CT molecular complexity index is 2230. The number of ether oxygens (including phenoxy) is 2. The van der Waals surface area contributed by atoms with Gasteiger partial charge in [-0.2, -0.15) is 0 Å². The minimum atomic E-state index is -1.22. The van der Waals surface area contributed by atoms with Crippen molar-refractivity contribution >= 4 is 39.6 Å². The lowest BCUT2D eigenvalue weighted by Crippen LogP contribution is -2.36. The van der Waals surface area contributed by atoms with Gasteiger partial charge in [0.25, 0.3) is 5.91 Å². The minimum absolute atomic E-state index is 0.231. The summed E-state index contributed by atoms with van der Waals surface area (Å²) in [5, 5.41) is 7.23. The highest BCUT2D eigenvalue weighted by molar-refractivity contribution is 6.13. The quantitative estimate of drug-likeness (QED) is 0.160. The number of halogens is 3. The van der Waals surface area contributed by atoms with Crippen molar-refractivity contribution < 1.29 is 27.4 Å². The van der Waals surface area contributed by atoms with Gasteiger partial charge in [-0.05, 0) is 77.9 Å². The van der Waals surface area contributed by atoms with Crippen LogP contribution in [0, 0.1) is 17.5 Å². The number of morpholine rings is 1. The molecule has 2 aliphatic rings. The summed E-state index contributed by atoms with van der Waals surface area (Å²) in [6, 6.07) is 22.9. The van der Waals surface area contributed by atoms with Crippen LogP contribution in [0.15, 0.2) is 97.5 Å². The molecule has 0 atom stereocenters. The van der Waals surface area contributed by atoms with Gasteiger partial charge in [-0.3, -0.25) is 9.78 Å². The van der Waals surface area contributed by atoms with Crippen molar-refractivity contribution in [3.8, 4) is 16.9 Å². The third-order valence-electron chi connectivity index (χ3n) is 9.20. The van der Waals surface area contributed by atoms with Gasteiger partial charge >= 0.3 is 0 Å². The van der Waals surface area contributed by atoms with Gasteiger partial charge in [0, 0.05) is 54.1 Å². The van der Waals surface area contributed by atoms with E-state index in [1.54, 1.807) is 29.2 Å². The van der Waals surface area contributed by atoms with Gasteiger partial charge in [0.05, 0.1) is 60.7 Å². The van der Waals surface area contributed by atoms with Gasteiger partial charge in [0.2, 0.25) is 0 Å². The standard InChI is InChI=1S/C39H32F3N5O3/c40-32-8-9-33(41)38(42)31(32)23-47-22-30(28-11-13-43-21-37(28)47)25-2-7-29-35(20-25)44-34-10-1-24(19-36(34)45-39(29)48)12-16-50-27-5-3-26(4-6-27)46-14-17-49-18-15-46/h1-11,13,19-22,44H,12,14-18,23H2,(H,45,48). The second-order valence-corrected chi connectivity index (χ2v) is 12.3. The lowest BCUT2D eigenvalue weighted by Gasteiger charge is -2.28. The zero-order valence-corrected chi connectivity index (χ0v) is 26.9. The van der Waals surface area contributed by atoms with Gasteiger partial charge in [-0.25, -0.2) is 13.2 Å². The number of aromatic nitrogens is 2. The summed E-state index contributed by atoms with van der Waals surface area (Å²) in [4.78, 5) is 19.9. The first kappa shape index (κ1) is 31.5. The number of hydrogen-bond acceptors (Lipinski definition) is 6.